The van der Waals surface area contributed by atoms with Gasteiger partial charge in [0.15, 0.2) is 0 Å². The quantitative estimate of drug-likeness (QED) is 0.681. The molecule has 2 rings (SSSR count). The molecule has 4 heteroatoms. The van der Waals surface area contributed by atoms with E-state index >= 15 is 0 Å². The number of carbonyl (C=O) groups excluding carboxylic acids is 1. The van der Waals surface area contributed by atoms with Gasteiger partial charge in [-0.3, -0.25) is 0 Å². The Bertz CT molecular complexity index is 487. The van der Waals surface area contributed by atoms with E-state index in [9.17, 15) is 4.79 Å². The Hall–Kier alpha value is -1.71. The molecule has 20 heavy (non-hydrogen) atoms. The summed E-state index contributed by atoms with van der Waals surface area (Å²) in [6.07, 6.45) is 5.01. The van der Waals surface area contributed by atoms with Crippen molar-refractivity contribution >= 4 is 17.3 Å². The molecule has 0 radical (unpaired) electrons. The van der Waals surface area contributed by atoms with E-state index in [1.165, 1.54) is 32.8 Å². The summed E-state index contributed by atoms with van der Waals surface area (Å²) in [7, 11) is 3.47. The van der Waals surface area contributed by atoms with E-state index in [-0.39, 0.29) is 5.97 Å². The topological polar surface area (TPSA) is 55.6 Å². The number of anilines is 2. The molecule has 2 unspecified atom stereocenters. The first-order valence-electron chi connectivity index (χ1n) is 7.23. The smallest absolute Gasteiger partial charge is 0.337 e. The molecule has 0 saturated heterocycles. The van der Waals surface area contributed by atoms with E-state index in [1.807, 2.05) is 6.07 Å². The van der Waals surface area contributed by atoms with Crippen LogP contribution in [0.5, 0.6) is 0 Å². The van der Waals surface area contributed by atoms with E-state index in [0.717, 1.165) is 11.6 Å². The van der Waals surface area contributed by atoms with Crippen LogP contribution in [-0.2, 0) is 4.74 Å². The van der Waals surface area contributed by atoms with Crippen LogP contribution in [0.25, 0.3) is 0 Å². The standard InChI is InChI=1S/C16H24N2O2/c1-11-5-4-6-13(9-11)18(2)15-8-7-12(10-14(15)17)16(19)20-3/h7-8,10-11,13H,4-6,9,17H2,1-3H3. The lowest BCUT2D eigenvalue weighted by Crippen LogP contribution is -2.36. The van der Waals surface area contributed by atoms with Crippen molar-refractivity contribution in [1.82, 2.24) is 0 Å². The van der Waals surface area contributed by atoms with Gasteiger partial charge < -0.3 is 15.4 Å². The second kappa shape index (κ2) is 6.16. The number of nitrogens with zero attached hydrogens (tertiary/aromatic N) is 1. The zero-order chi connectivity index (χ0) is 14.7. The van der Waals surface area contributed by atoms with Crippen LogP contribution < -0.4 is 10.6 Å². The minimum absolute atomic E-state index is 0.350. The zero-order valence-corrected chi connectivity index (χ0v) is 12.6. The van der Waals surface area contributed by atoms with Gasteiger partial charge in [-0.2, -0.15) is 0 Å². The first-order valence-corrected chi connectivity index (χ1v) is 7.23. The second-order valence-electron chi connectivity index (χ2n) is 5.80. The number of methoxy groups -OCH3 is 1. The second-order valence-corrected chi connectivity index (χ2v) is 5.80. The van der Waals surface area contributed by atoms with Crippen LogP contribution in [0.2, 0.25) is 0 Å². The Kier molecular flexibility index (Phi) is 4.53. The van der Waals surface area contributed by atoms with Crippen molar-refractivity contribution < 1.29 is 9.53 Å². The molecular formula is C16H24N2O2. The molecule has 4 nitrogen and oxygen atoms in total. The summed E-state index contributed by atoms with van der Waals surface area (Å²) in [6.45, 7) is 2.31. The highest BCUT2D eigenvalue weighted by Gasteiger charge is 2.23. The van der Waals surface area contributed by atoms with Gasteiger partial charge in [-0.15, -0.1) is 0 Å². The molecule has 0 spiro atoms. The third kappa shape index (κ3) is 3.06. The molecule has 1 saturated carbocycles. The highest BCUT2D eigenvalue weighted by Crippen LogP contribution is 2.32. The summed E-state index contributed by atoms with van der Waals surface area (Å²) < 4.78 is 4.71. The molecule has 2 N–H and O–H groups in total. The normalized spacial score (nSPS) is 22.4. The molecule has 110 valence electrons. The first kappa shape index (κ1) is 14.7. The fourth-order valence-electron chi connectivity index (χ4n) is 3.07. The van der Waals surface area contributed by atoms with Crippen molar-refractivity contribution in [3.05, 3.63) is 23.8 Å². The predicted octanol–water partition coefficient (Wildman–Crippen LogP) is 3.07. The Morgan fingerprint density at radius 2 is 2.15 bits per heavy atom. The fraction of sp³-hybridized carbons (Fsp3) is 0.562. The maximum atomic E-state index is 11.5. The van der Waals surface area contributed by atoms with E-state index in [4.69, 9.17) is 10.5 Å². The molecule has 0 bridgehead atoms. The molecule has 0 amide bonds. The number of nitrogen functional groups attached to an aromatic ring is 1. The lowest BCUT2D eigenvalue weighted by molar-refractivity contribution is 0.0601. The van der Waals surface area contributed by atoms with Crippen LogP contribution in [0.3, 0.4) is 0 Å². The molecule has 1 aliphatic carbocycles. The van der Waals surface area contributed by atoms with Gasteiger partial charge >= 0.3 is 5.97 Å². The van der Waals surface area contributed by atoms with Crippen LogP contribution >= 0.6 is 0 Å². The van der Waals surface area contributed by atoms with Crippen LogP contribution in [0.15, 0.2) is 18.2 Å². The maximum absolute atomic E-state index is 11.5. The largest absolute Gasteiger partial charge is 0.465 e. The summed E-state index contributed by atoms with van der Waals surface area (Å²) in [5, 5.41) is 0. The lowest BCUT2D eigenvalue weighted by atomic mass is 9.86. The highest BCUT2D eigenvalue weighted by molar-refractivity contribution is 5.91. The van der Waals surface area contributed by atoms with Gasteiger partial charge in [0.2, 0.25) is 0 Å². The van der Waals surface area contributed by atoms with Gasteiger partial charge in [0.1, 0.15) is 0 Å². The molecule has 1 fully saturated rings. The minimum Gasteiger partial charge on any atom is -0.465 e. The average molecular weight is 276 g/mol. The van der Waals surface area contributed by atoms with Crippen molar-refractivity contribution in [2.75, 3.05) is 24.8 Å². The molecule has 0 aliphatic heterocycles. The van der Waals surface area contributed by atoms with Gasteiger partial charge in [-0.1, -0.05) is 19.8 Å². The number of esters is 1. The first-order chi connectivity index (χ1) is 9.52. The van der Waals surface area contributed by atoms with Crippen molar-refractivity contribution in [3.63, 3.8) is 0 Å². The molecule has 0 aromatic heterocycles. The number of carbonyl (C=O) groups is 1. The van der Waals surface area contributed by atoms with Gasteiger partial charge in [0, 0.05) is 13.1 Å². The Morgan fingerprint density at radius 3 is 2.75 bits per heavy atom. The van der Waals surface area contributed by atoms with Crippen LogP contribution in [-0.4, -0.2) is 26.2 Å². The average Bonchev–Trinajstić information content (AvgIpc) is 2.45. The summed E-state index contributed by atoms with van der Waals surface area (Å²) in [5.74, 6) is 0.420. The van der Waals surface area contributed by atoms with E-state index < -0.39 is 0 Å². The lowest BCUT2D eigenvalue weighted by Gasteiger charge is -2.36. The predicted molar refractivity (Wildman–Crippen MR) is 82.0 cm³/mol. The van der Waals surface area contributed by atoms with Crippen molar-refractivity contribution in [2.45, 2.75) is 38.6 Å². The SMILES string of the molecule is COC(=O)c1ccc(N(C)C2CCCC(C)C2)c(N)c1. The minimum atomic E-state index is -0.350. The summed E-state index contributed by atoms with van der Waals surface area (Å²) in [4.78, 5) is 13.8. The van der Waals surface area contributed by atoms with E-state index in [0.29, 0.717) is 17.3 Å². The van der Waals surface area contributed by atoms with Crippen molar-refractivity contribution in [2.24, 2.45) is 5.92 Å². The number of rotatable bonds is 3. The Labute approximate surface area is 120 Å². The van der Waals surface area contributed by atoms with Crippen molar-refractivity contribution in [3.8, 4) is 0 Å². The Balaban J connectivity index is 2.17. The third-order valence-corrected chi connectivity index (χ3v) is 4.29. The third-order valence-electron chi connectivity index (χ3n) is 4.29. The molecule has 0 heterocycles. The van der Waals surface area contributed by atoms with Crippen LogP contribution in [0.4, 0.5) is 11.4 Å². The summed E-state index contributed by atoms with van der Waals surface area (Å²) in [6, 6.07) is 5.93. The monoisotopic (exact) mass is 276 g/mol. The molecule has 1 aromatic carbocycles. The van der Waals surface area contributed by atoms with E-state index in [2.05, 4.69) is 18.9 Å². The van der Waals surface area contributed by atoms with Crippen molar-refractivity contribution in [1.29, 1.82) is 0 Å². The summed E-state index contributed by atoms with van der Waals surface area (Å²) in [5.41, 5.74) is 8.24. The number of nitrogens with two attached hydrogens (primary N) is 1. The maximum Gasteiger partial charge on any atom is 0.337 e. The molecule has 2 atom stereocenters. The van der Waals surface area contributed by atoms with Gasteiger partial charge in [0.05, 0.1) is 24.0 Å². The Morgan fingerprint density at radius 1 is 1.40 bits per heavy atom. The van der Waals surface area contributed by atoms with Gasteiger partial charge in [0.25, 0.3) is 0 Å². The van der Waals surface area contributed by atoms with Crippen LogP contribution in [0.1, 0.15) is 43.0 Å². The van der Waals surface area contributed by atoms with Gasteiger partial charge in [-0.25, -0.2) is 4.79 Å². The number of hydrogen-bond donors (Lipinski definition) is 1. The molecule has 1 aromatic rings. The number of ether oxygens (including phenoxy) is 1. The number of benzene rings is 1. The zero-order valence-electron chi connectivity index (χ0n) is 12.6. The molecule has 1 aliphatic rings. The fourth-order valence-corrected chi connectivity index (χ4v) is 3.07. The molecular weight excluding hydrogens is 252 g/mol. The number of hydrogen-bond acceptors (Lipinski definition) is 4. The highest BCUT2D eigenvalue weighted by atomic mass is 16.5. The van der Waals surface area contributed by atoms with Crippen LogP contribution in [0, 0.1) is 5.92 Å². The van der Waals surface area contributed by atoms with E-state index in [1.54, 1.807) is 12.1 Å². The van der Waals surface area contributed by atoms with Gasteiger partial charge in [-0.05, 0) is 37.0 Å². The summed E-state index contributed by atoms with van der Waals surface area (Å²) >= 11 is 0.